The topological polar surface area (TPSA) is 147 Å². The van der Waals surface area contributed by atoms with E-state index in [1.807, 2.05) is 30.3 Å². The van der Waals surface area contributed by atoms with Gasteiger partial charge >= 0.3 is 6.03 Å². The van der Waals surface area contributed by atoms with E-state index in [0.717, 1.165) is 34.6 Å². The molecule has 0 unspecified atom stereocenters. The molecule has 1 aliphatic heterocycles. The predicted octanol–water partition coefficient (Wildman–Crippen LogP) is 3.26. The first-order valence-corrected chi connectivity index (χ1v) is 14.1. The molecule has 1 saturated carbocycles. The molecule has 3 N–H and O–H groups in total. The maximum atomic E-state index is 13.7. The first kappa shape index (κ1) is 28.0. The second kappa shape index (κ2) is 11.9. The molecule has 41 heavy (non-hydrogen) atoms. The summed E-state index contributed by atoms with van der Waals surface area (Å²) in [6.07, 6.45) is 1.68. The minimum absolute atomic E-state index is 0.00850. The normalized spacial score (nSPS) is 17.9. The fourth-order valence-corrected chi connectivity index (χ4v) is 5.35. The molecule has 0 spiro atoms. The molecule has 1 aromatic heterocycles. The van der Waals surface area contributed by atoms with Crippen LogP contribution in [0.3, 0.4) is 0 Å². The summed E-state index contributed by atoms with van der Waals surface area (Å²) >= 11 is 1.12. The summed E-state index contributed by atoms with van der Waals surface area (Å²) in [6, 6.07) is 12.7. The van der Waals surface area contributed by atoms with Crippen molar-refractivity contribution in [3.8, 4) is 5.75 Å². The lowest BCUT2D eigenvalue weighted by atomic mass is 9.91. The Morgan fingerprint density at radius 1 is 1.10 bits per heavy atom. The standard InChI is InChI=1S/C29H29N5O6S/c1-16(17-6-4-3-5-7-17)24(26(37)33-28-31-21(15-41-28)25(36)19-8-9-19)34-27(38)23(32-29(34)39)18-10-12-20(13-11-18)40-14-22(35)30-2/h3-7,10-13,15-16,19,23-24H,8-9,14H2,1-2H3,(H,30,35)(H,32,39)(H,31,33,37)/t16-,23+,24-/m0/s1. The van der Waals surface area contributed by atoms with Gasteiger partial charge in [-0.3, -0.25) is 19.2 Å². The number of carbonyl (C=O) groups is 5. The van der Waals surface area contributed by atoms with Gasteiger partial charge in [0, 0.05) is 24.3 Å². The molecule has 5 amide bonds. The van der Waals surface area contributed by atoms with Crippen LogP contribution in [-0.2, 0) is 14.4 Å². The second-order valence-electron chi connectivity index (χ2n) is 9.93. The van der Waals surface area contributed by atoms with E-state index < -0.39 is 35.8 Å². The zero-order valence-corrected chi connectivity index (χ0v) is 23.3. The van der Waals surface area contributed by atoms with Crippen LogP contribution < -0.4 is 20.7 Å². The van der Waals surface area contributed by atoms with Crippen molar-refractivity contribution in [2.45, 2.75) is 37.8 Å². The smallest absolute Gasteiger partial charge is 0.325 e. The zero-order chi connectivity index (χ0) is 29.1. The number of ether oxygens (including phenoxy) is 1. The van der Waals surface area contributed by atoms with Gasteiger partial charge in [-0.2, -0.15) is 0 Å². The van der Waals surface area contributed by atoms with Gasteiger partial charge in [0.05, 0.1) is 0 Å². The maximum absolute atomic E-state index is 13.7. The molecule has 12 heteroatoms. The highest BCUT2D eigenvalue weighted by Crippen LogP contribution is 2.34. The summed E-state index contributed by atoms with van der Waals surface area (Å²) in [6.45, 7) is 1.61. The van der Waals surface area contributed by atoms with Crippen molar-refractivity contribution < 1.29 is 28.7 Å². The quantitative estimate of drug-likeness (QED) is 0.235. The maximum Gasteiger partial charge on any atom is 0.325 e. The average Bonchev–Trinajstić information content (AvgIpc) is 3.68. The van der Waals surface area contributed by atoms with Gasteiger partial charge in [0.1, 0.15) is 23.5 Å². The Balaban J connectivity index is 1.37. The molecule has 0 bridgehead atoms. The van der Waals surface area contributed by atoms with Crippen LogP contribution in [0.1, 0.15) is 53.3 Å². The van der Waals surface area contributed by atoms with E-state index >= 15 is 0 Å². The number of hydrogen-bond donors (Lipinski definition) is 3. The number of anilines is 1. The van der Waals surface area contributed by atoms with Crippen LogP contribution in [0.4, 0.5) is 9.93 Å². The summed E-state index contributed by atoms with van der Waals surface area (Å²) in [4.78, 5) is 69.7. The lowest BCUT2D eigenvalue weighted by Gasteiger charge is -2.29. The number of hydrogen-bond acceptors (Lipinski definition) is 8. The molecule has 3 atom stereocenters. The van der Waals surface area contributed by atoms with E-state index in [4.69, 9.17) is 4.74 Å². The predicted molar refractivity (Wildman–Crippen MR) is 151 cm³/mol. The molecule has 11 nitrogen and oxygen atoms in total. The van der Waals surface area contributed by atoms with E-state index in [9.17, 15) is 24.0 Å². The van der Waals surface area contributed by atoms with Crippen LogP contribution in [0.25, 0.3) is 0 Å². The van der Waals surface area contributed by atoms with Crippen molar-refractivity contribution in [1.29, 1.82) is 0 Å². The third-order valence-corrected chi connectivity index (χ3v) is 7.87. The third-order valence-electron chi connectivity index (χ3n) is 7.11. The first-order chi connectivity index (χ1) is 19.8. The molecule has 3 aromatic rings. The Kier molecular flexibility index (Phi) is 8.11. The molecule has 5 rings (SSSR count). The number of amides is 5. The Morgan fingerprint density at radius 2 is 1.80 bits per heavy atom. The van der Waals surface area contributed by atoms with Crippen LogP contribution in [0.5, 0.6) is 5.75 Å². The Hall–Kier alpha value is -4.58. The van der Waals surface area contributed by atoms with Crippen molar-refractivity contribution in [2.75, 3.05) is 19.0 Å². The van der Waals surface area contributed by atoms with Gasteiger partial charge in [0.15, 0.2) is 17.5 Å². The van der Waals surface area contributed by atoms with Gasteiger partial charge in [-0.05, 0) is 36.1 Å². The number of ketones is 1. The molecule has 2 aliphatic rings. The van der Waals surface area contributed by atoms with E-state index in [1.54, 1.807) is 36.6 Å². The van der Waals surface area contributed by atoms with Crippen LogP contribution in [0, 0.1) is 5.92 Å². The number of likely N-dealkylation sites (N-methyl/N-ethyl adjacent to an activating group) is 1. The number of benzene rings is 2. The molecule has 1 aliphatic carbocycles. The lowest BCUT2D eigenvalue weighted by Crippen LogP contribution is -2.50. The number of imide groups is 1. The van der Waals surface area contributed by atoms with Gasteiger partial charge in [-0.25, -0.2) is 14.7 Å². The van der Waals surface area contributed by atoms with E-state index in [2.05, 4.69) is 20.9 Å². The largest absolute Gasteiger partial charge is 0.484 e. The number of rotatable bonds is 11. The van der Waals surface area contributed by atoms with Crippen molar-refractivity contribution >= 4 is 46.0 Å². The van der Waals surface area contributed by atoms with Gasteiger partial charge < -0.3 is 20.7 Å². The van der Waals surface area contributed by atoms with Crippen molar-refractivity contribution in [3.05, 3.63) is 76.8 Å². The number of carbonyl (C=O) groups excluding carboxylic acids is 5. The minimum Gasteiger partial charge on any atom is -0.484 e. The molecule has 1 saturated heterocycles. The van der Waals surface area contributed by atoms with Gasteiger partial charge in [0.2, 0.25) is 5.91 Å². The highest BCUT2D eigenvalue weighted by molar-refractivity contribution is 7.14. The minimum atomic E-state index is -1.20. The molecule has 2 heterocycles. The fraction of sp³-hybridized carbons (Fsp3) is 0.310. The molecule has 2 fully saturated rings. The third kappa shape index (κ3) is 6.12. The number of nitrogens with zero attached hydrogens (tertiary/aromatic N) is 2. The van der Waals surface area contributed by atoms with E-state index in [0.29, 0.717) is 17.0 Å². The van der Waals surface area contributed by atoms with E-state index in [1.165, 1.54) is 7.05 Å². The van der Waals surface area contributed by atoms with Crippen LogP contribution >= 0.6 is 11.3 Å². The number of aromatic nitrogens is 1. The summed E-state index contributed by atoms with van der Waals surface area (Å²) in [5.74, 6) is -1.66. The number of thiazole rings is 1. The highest BCUT2D eigenvalue weighted by Gasteiger charge is 2.47. The molecular weight excluding hydrogens is 546 g/mol. The van der Waals surface area contributed by atoms with Crippen molar-refractivity contribution in [2.24, 2.45) is 5.92 Å². The Labute approximate surface area is 240 Å². The monoisotopic (exact) mass is 575 g/mol. The molecular formula is C29H29N5O6S. The van der Waals surface area contributed by atoms with Crippen molar-refractivity contribution in [1.82, 2.24) is 20.5 Å². The fourth-order valence-electron chi connectivity index (χ4n) is 4.65. The van der Waals surface area contributed by atoms with Crippen LogP contribution in [0.2, 0.25) is 0 Å². The van der Waals surface area contributed by atoms with E-state index in [-0.39, 0.29) is 29.3 Å². The molecule has 212 valence electrons. The molecule has 0 radical (unpaired) electrons. The first-order valence-electron chi connectivity index (χ1n) is 13.2. The highest BCUT2D eigenvalue weighted by atomic mass is 32.1. The van der Waals surface area contributed by atoms with Crippen molar-refractivity contribution in [3.63, 3.8) is 0 Å². The van der Waals surface area contributed by atoms with Crippen LogP contribution in [0.15, 0.2) is 60.0 Å². The number of nitrogens with one attached hydrogen (secondary N) is 3. The van der Waals surface area contributed by atoms with Crippen LogP contribution in [-0.4, -0.2) is 59.1 Å². The molecule has 2 aromatic carbocycles. The lowest BCUT2D eigenvalue weighted by molar-refractivity contribution is -0.134. The second-order valence-corrected chi connectivity index (χ2v) is 10.8. The summed E-state index contributed by atoms with van der Waals surface area (Å²) in [5.41, 5.74) is 1.56. The Morgan fingerprint density at radius 3 is 2.46 bits per heavy atom. The Bertz CT molecular complexity index is 1470. The SMILES string of the molecule is CNC(=O)COc1ccc([C@H]2NC(=O)N([C@H](C(=O)Nc3nc(C(=O)C4CC4)cs3)[C@@H](C)c3ccccc3)C2=O)cc1. The zero-order valence-electron chi connectivity index (χ0n) is 22.5. The van der Waals surface area contributed by atoms with Gasteiger partial charge in [-0.1, -0.05) is 49.4 Å². The number of Topliss-reactive ketones (excluding diaryl/α,β-unsaturated/α-hetero) is 1. The van der Waals surface area contributed by atoms with Gasteiger partial charge in [0.25, 0.3) is 11.8 Å². The van der Waals surface area contributed by atoms with Gasteiger partial charge in [-0.15, -0.1) is 11.3 Å². The average molecular weight is 576 g/mol. The summed E-state index contributed by atoms with van der Waals surface area (Å²) in [7, 11) is 1.51. The summed E-state index contributed by atoms with van der Waals surface area (Å²) in [5, 5.41) is 9.71. The summed E-state index contributed by atoms with van der Waals surface area (Å²) < 4.78 is 5.41. The number of urea groups is 1.